The largest absolute Gasteiger partial charge is 0.294 e. The van der Waals surface area contributed by atoms with E-state index in [-0.39, 0.29) is 0 Å². The van der Waals surface area contributed by atoms with Crippen LogP contribution < -0.4 is 20.7 Å². The topological polar surface area (TPSA) is 30.7 Å². The van der Waals surface area contributed by atoms with Crippen molar-refractivity contribution in [3.8, 4) is 16.9 Å². The quantitative estimate of drug-likeness (QED) is 0.129. The van der Waals surface area contributed by atoms with Crippen molar-refractivity contribution in [3.63, 3.8) is 0 Å². The number of nitrogens with zero attached hydrogens (tertiary/aromatic N) is 3. The van der Waals surface area contributed by atoms with Crippen molar-refractivity contribution >= 4 is 82.4 Å². The van der Waals surface area contributed by atoms with Crippen LogP contribution in [0.2, 0.25) is 0 Å². The van der Waals surface area contributed by atoms with E-state index in [0.717, 1.165) is 48.4 Å². The molecule has 0 aliphatic rings. The van der Waals surface area contributed by atoms with E-state index in [0.29, 0.717) is 0 Å². The summed E-state index contributed by atoms with van der Waals surface area (Å²) in [6.45, 7) is 0. The molecule has 10 rings (SSSR count). The molecular formula is C46H31N3SSi. The van der Waals surface area contributed by atoms with Crippen LogP contribution in [0.4, 0.5) is 0 Å². The number of benzene rings is 6. The van der Waals surface area contributed by atoms with Gasteiger partial charge in [0, 0.05) is 27.9 Å². The molecule has 0 saturated heterocycles. The summed E-state index contributed by atoms with van der Waals surface area (Å²) in [7, 11) is -2.67. The maximum Gasteiger partial charge on any atom is 0.179 e. The van der Waals surface area contributed by atoms with Gasteiger partial charge in [-0.3, -0.25) is 4.57 Å². The fourth-order valence-electron chi connectivity index (χ4n) is 7.97. The monoisotopic (exact) mass is 685 g/mol. The third-order valence-corrected chi connectivity index (χ3v) is 16.1. The lowest BCUT2D eigenvalue weighted by Gasteiger charge is -2.34. The van der Waals surface area contributed by atoms with Crippen molar-refractivity contribution in [1.29, 1.82) is 0 Å². The first-order chi connectivity index (χ1) is 25.3. The second-order valence-electron chi connectivity index (χ2n) is 13.0. The number of thiophene rings is 1. The van der Waals surface area contributed by atoms with Gasteiger partial charge in [-0.15, -0.1) is 11.3 Å². The second kappa shape index (κ2) is 12.0. The summed E-state index contributed by atoms with van der Waals surface area (Å²) in [6.07, 6.45) is 2.03. The highest BCUT2D eigenvalue weighted by Crippen LogP contribution is 2.36. The van der Waals surface area contributed by atoms with E-state index in [4.69, 9.17) is 9.97 Å². The molecule has 0 N–H and O–H groups in total. The van der Waals surface area contributed by atoms with Crippen LogP contribution in [0.15, 0.2) is 188 Å². The maximum atomic E-state index is 5.36. The van der Waals surface area contributed by atoms with Crippen LogP contribution in [0.5, 0.6) is 0 Å². The molecule has 0 radical (unpaired) electrons. The van der Waals surface area contributed by atoms with Crippen molar-refractivity contribution in [1.82, 2.24) is 14.5 Å². The minimum absolute atomic E-state index is 0.913. The Morgan fingerprint density at radius 1 is 0.451 bits per heavy atom. The molecule has 240 valence electrons. The first kappa shape index (κ1) is 29.7. The van der Waals surface area contributed by atoms with Crippen LogP contribution in [0, 0.1) is 0 Å². The number of rotatable bonds is 6. The van der Waals surface area contributed by atoms with E-state index in [2.05, 4.69) is 187 Å². The average Bonchev–Trinajstić information content (AvgIpc) is 3.74. The Morgan fingerprint density at radius 3 is 1.61 bits per heavy atom. The van der Waals surface area contributed by atoms with Crippen LogP contribution in [-0.4, -0.2) is 22.6 Å². The van der Waals surface area contributed by atoms with E-state index in [9.17, 15) is 0 Å². The summed E-state index contributed by atoms with van der Waals surface area (Å²) >= 11 is 1.70. The van der Waals surface area contributed by atoms with Gasteiger partial charge < -0.3 is 0 Å². The van der Waals surface area contributed by atoms with Crippen molar-refractivity contribution in [2.24, 2.45) is 0 Å². The third-order valence-electron chi connectivity index (χ3n) is 10.2. The molecule has 0 spiro atoms. The van der Waals surface area contributed by atoms with Crippen LogP contribution in [0.3, 0.4) is 0 Å². The molecule has 0 atom stereocenters. The van der Waals surface area contributed by atoms with Gasteiger partial charge in [0.05, 0.1) is 21.3 Å². The van der Waals surface area contributed by atoms with Gasteiger partial charge in [0.1, 0.15) is 10.6 Å². The molecule has 0 bridgehead atoms. The van der Waals surface area contributed by atoms with E-state index in [1.165, 1.54) is 31.5 Å². The predicted octanol–water partition coefficient (Wildman–Crippen LogP) is 8.99. The molecule has 51 heavy (non-hydrogen) atoms. The number of hydrogen-bond donors (Lipinski definition) is 0. The van der Waals surface area contributed by atoms with Crippen molar-refractivity contribution in [3.05, 3.63) is 188 Å². The Kier molecular flexibility index (Phi) is 7.01. The Bertz CT molecular complexity index is 2710. The van der Waals surface area contributed by atoms with Crippen LogP contribution in [0.25, 0.3) is 59.2 Å². The lowest BCUT2D eigenvalue weighted by Crippen LogP contribution is -2.74. The molecule has 5 heteroatoms. The number of aromatic nitrogens is 3. The summed E-state index contributed by atoms with van der Waals surface area (Å²) in [5.41, 5.74) is 5.54. The van der Waals surface area contributed by atoms with E-state index in [1.54, 1.807) is 11.3 Å². The summed E-state index contributed by atoms with van der Waals surface area (Å²) in [4.78, 5) is 11.4. The first-order valence-electron chi connectivity index (χ1n) is 17.2. The second-order valence-corrected chi connectivity index (χ2v) is 17.8. The highest BCUT2D eigenvalue weighted by Gasteiger charge is 2.41. The molecule has 0 amide bonds. The number of fused-ring (bicyclic) bond motifs is 6. The van der Waals surface area contributed by atoms with Gasteiger partial charge in [0.15, 0.2) is 8.07 Å². The lowest BCUT2D eigenvalue weighted by molar-refractivity contribution is 1.10. The molecule has 4 heterocycles. The van der Waals surface area contributed by atoms with Gasteiger partial charge in [-0.2, -0.15) is 0 Å². The average molecular weight is 686 g/mol. The summed E-state index contributed by atoms with van der Waals surface area (Å²) in [6, 6.07) is 66.2. The molecule has 0 aliphatic carbocycles. The van der Waals surface area contributed by atoms with Crippen molar-refractivity contribution in [2.45, 2.75) is 0 Å². The molecule has 10 aromatic rings. The maximum absolute atomic E-state index is 5.36. The summed E-state index contributed by atoms with van der Waals surface area (Å²) < 4.78 is 3.42. The Hall–Kier alpha value is -6.14. The van der Waals surface area contributed by atoms with Gasteiger partial charge in [-0.05, 0) is 56.6 Å². The Labute approximate surface area is 300 Å². The summed E-state index contributed by atoms with van der Waals surface area (Å²) in [5.74, 6) is 0.913. The molecule has 0 saturated carbocycles. The normalized spacial score (nSPS) is 11.9. The van der Waals surface area contributed by atoms with Gasteiger partial charge in [-0.1, -0.05) is 152 Å². The number of hydrogen-bond acceptors (Lipinski definition) is 3. The zero-order chi connectivity index (χ0) is 33.8. The lowest BCUT2D eigenvalue weighted by atomic mass is 10.1. The Morgan fingerprint density at radius 2 is 1.00 bits per heavy atom. The minimum Gasteiger partial charge on any atom is -0.294 e. The van der Waals surface area contributed by atoms with Crippen molar-refractivity contribution in [2.75, 3.05) is 0 Å². The number of para-hydroxylation sites is 2. The third kappa shape index (κ3) is 4.70. The Balaban J connectivity index is 1.16. The molecular weight excluding hydrogens is 655 g/mol. The zero-order valence-electron chi connectivity index (χ0n) is 27.6. The van der Waals surface area contributed by atoms with Crippen LogP contribution >= 0.6 is 11.3 Å². The fourth-order valence-corrected chi connectivity index (χ4v) is 13.7. The van der Waals surface area contributed by atoms with Crippen LogP contribution in [-0.2, 0) is 0 Å². The van der Waals surface area contributed by atoms with Crippen molar-refractivity contribution < 1.29 is 0 Å². The first-order valence-corrected chi connectivity index (χ1v) is 20.1. The van der Waals surface area contributed by atoms with Gasteiger partial charge in [0.2, 0.25) is 0 Å². The standard InChI is InChI=1S/C46H31N3SSi/c1-4-16-34(17-5-1)51(35-18-6-2-7-19-35,36-20-8-3-9-21-36)37-22-14-15-32(29-37)33-30-40-45-43(50-46(40)47-31-33)27-28-44(48-45)49-41-25-12-10-23-38(41)39-24-11-13-26-42(39)49/h1-31H. The highest BCUT2D eigenvalue weighted by molar-refractivity contribution is 7.25. The fraction of sp³-hybridized carbons (Fsp3) is 0. The SMILES string of the molecule is c1ccc([Si](c2ccccc2)(c2ccccc2)c2cccc(-c3cnc4sc5ccc(-n6c7ccccc7c7ccccc76)nc5c4c3)c2)cc1. The van der Waals surface area contributed by atoms with Gasteiger partial charge in [-0.25, -0.2) is 9.97 Å². The molecule has 0 aliphatic heterocycles. The van der Waals surface area contributed by atoms with Crippen LogP contribution in [0.1, 0.15) is 0 Å². The smallest absolute Gasteiger partial charge is 0.179 e. The molecule has 3 nitrogen and oxygen atoms in total. The predicted molar refractivity (Wildman–Crippen MR) is 218 cm³/mol. The number of pyridine rings is 2. The van der Waals surface area contributed by atoms with Gasteiger partial charge in [0.25, 0.3) is 0 Å². The minimum atomic E-state index is -2.67. The molecule has 6 aromatic carbocycles. The van der Waals surface area contributed by atoms with Gasteiger partial charge >= 0.3 is 0 Å². The van der Waals surface area contributed by atoms with E-state index >= 15 is 0 Å². The molecule has 0 fully saturated rings. The highest BCUT2D eigenvalue weighted by atomic mass is 32.1. The zero-order valence-corrected chi connectivity index (χ0v) is 29.5. The molecule has 0 unspecified atom stereocenters. The molecule has 4 aromatic heterocycles. The van der Waals surface area contributed by atoms with E-state index in [1.807, 2.05) is 6.20 Å². The summed E-state index contributed by atoms with van der Waals surface area (Å²) in [5, 5.41) is 8.96. The van der Waals surface area contributed by atoms with E-state index < -0.39 is 8.07 Å².